The smallest absolute Gasteiger partial charge is 0.237 e. The third-order valence-corrected chi connectivity index (χ3v) is 4.96. The van der Waals surface area contributed by atoms with E-state index < -0.39 is 0 Å². The molecule has 0 radical (unpaired) electrons. The van der Waals surface area contributed by atoms with Gasteiger partial charge < -0.3 is 5.21 Å². The minimum absolute atomic E-state index is 0.607. The standard InChI is InChI=1S/C14H15IN2OS/c1-3-14-17(10(2)9-19-14)8-13(16-18)11-4-6-12(15)7-5-11/h4-7,9H,3,8H2,1-2H3/p+1. The van der Waals surface area contributed by atoms with E-state index in [0.717, 1.165) is 12.0 Å². The van der Waals surface area contributed by atoms with Gasteiger partial charge in [-0.25, -0.2) is 0 Å². The van der Waals surface area contributed by atoms with E-state index in [1.165, 1.54) is 14.3 Å². The SMILES string of the molecule is CCc1scc(C)[n+]1CC(=NO)c1ccc(I)cc1. The number of halogens is 1. The van der Waals surface area contributed by atoms with Crippen molar-refractivity contribution in [3.05, 3.63) is 49.5 Å². The molecule has 2 rings (SSSR count). The average Bonchev–Trinajstić information content (AvgIpc) is 2.78. The van der Waals surface area contributed by atoms with Gasteiger partial charge in [0.15, 0.2) is 18.0 Å². The quantitative estimate of drug-likeness (QED) is 0.282. The molecule has 0 amide bonds. The van der Waals surface area contributed by atoms with Crippen LogP contribution in [0.25, 0.3) is 0 Å². The molecule has 0 saturated heterocycles. The van der Waals surface area contributed by atoms with E-state index in [9.17, 15) is 5.21 Å². The van der Waals surface area contributed by atoms with Crippen molar-refractivity contribution < 1.29 is 9.77 Å². The monoisotopic (exact) mass is 387 g/mol. The van der Waals surface area contributed by atoms with Gasteiger partial charge in [-0.3, -0.25) is 0 Å². The number of aryl methyl sites for hydroxylation is 2. The van der Waals surface area contributed by atoms with Crippen LogP contribution in [-0.4, -0.2) is 10.9 Å². The average molecular weight is 387 g/mol. The van der Waals surface area contributed by atoms with E-state index in [-0.39, 0.29) is 0 Å². The summed E-state index contributed by atoms with van der Waals surface area (Å²) in [5.74, 6) is 0. The molecule has 1 heterocycles. The molecule has 1 aromatic heterocycles. The third kappa shape index (κ3) is 3.33. The van der Waals surface area contributed by atoms with Crippen LogP contribution in [0.1, 0.15) is 23.2 Å². The second kappa shape index (κ2) is 6.47. The predicted molar refractivity (Wildman–Crippen MR) is 86.1 cm³/mol. The maximum atomic E-state index is 9.28. The Morgan fingerprint density at radius 2 is 2.05 bits per heavy atom. The zero-order valence-electron chi connectivity index (χ0n) is 10.9. The Kier molecular flexibility index (Phi) is 4.93. The van der Waals surface area contributed by atoms with Crippen molar-refractivity contribution in [1.29, 1.82) is 0 Å². The van der Waals surface area contributed by atoms with Gasteiger partial charge in [0.25, 0.3) is 0 Å². The van der Waals surface area contributed by atoms with Crippen molar-refractivity contribution in [2.45, 2.75) is 26.8 Å². The van der Waals surface area contributed by atoms with Gasteiger partial charge in [0.2, 0.25) is 5.01 Å². The molecular formula is C14H16IN2OS+. The zero-order chi connectivity index (χ0) is 13.8. The van der Waals surface area contributed by atoms with Crippen LogP contribution >= 0.6 is 33.9 Å². The highest BCUT2D eigenvalue weighted by Crippen LogP contribution is 2.11. The van der Waals surface area contributed by atoms with E-state index >= 15 is 0 Å². The van der Waals surface area contributed by atoms with Crippen molar-refractivity contribution in [1.82, 2.24) is 0 Å². The number of benzene rings is 1. The zero-order valence-corrected chi connectivity index (χ0v) is 13.9. The minimum Gasteiger partial charge on any atom is -0.410 e. The van der Waals surface area contributed by atoms with E-state index in [1.807, 2.05) is 24.3 Å². The highest BCUT2D eigenvalue weighted by Gasteiger charge is 2.19. The predicted octanol–water partition coefficient (Wildman–Crippen LogP) is 3.39. The summed E-state index contributed by atoms with van der Waals surface area (Å²) < 4.78 is 3.38. The maximum Gasteiger partial charge on any atom is 0.237 e. The molecule has 2 aromatic rings. The van der Waals surface area contributed by atoms with Crippen LogP contribution in [0.2, 0.25) is 0 Å². The minimum atomic E-state index is 0.607. The molecule has 0 atom stereocenters. The second-order valence-corrected chi connectivity index (χ2v) is 6.45. The highest BCUT2D eigenvalue weighted by molar-refractivity contribution is 14.1. The van der Waals surface area contributed by atoms with Gasteiger partial charge in [-0.2, -0.15) is 4.57 Å². The first-order valence-corrected chi connectivity index (χ1v) is 8.05. The summed E-state index contributed by atoms with van der Waals surface area (Å²) in [6.45, 7) is 4.83. The Balaban J connectivity index is 2.29. The summed E-state index contributed by atoms with van der Waals surface area (Å²) in [6, 6.07) is 8.02. The summed E-state index contributed by atoms with van der Waals surface area (Å²) in [5.41, 5.74) is 2.86. The van der Waals surface area contributed by atoms with Gasteiger partial charge in [0.05, 0.1) is 5.38 Å². The van der Waals surface area contributed by atoms with Crippen LogP contribution in [-0.2, 0) is 13.0 Å². The Labute approximate surface area is 130 Å². The number of thiazole rings is 1. The fourth-order valence-corrected chi connectivity index (χ4v) is 3.23. The third-order valence-electron chi connectivity index (χ3n) is 3.00. The van der Waals surface area contributed by atoms with Gasteiger partial charge in [0, 0.05) is 22.5 Å². The fourth-order valence-electron chi connectivity index (χ4n) is 1.94. The Morgan fingerprint density at radius 3 is 2.63 bits per heavy atom. The second-order valence-electron chi connectivity index (χ2n) is 4.26. The number of hydrogen-bond acceptors (Lipinski definition) is 3. The van der Waals surface area contributed by atoms with Gasteiger partial charge in [-0.15, -0.1) is 0 Å². The Morgan fingerprint density at radius 1 is 1.37 bits per heavy atom. The van der Waals surface area contributed by atoms with E-state index in [2.05, 4.69) is 51.5 Å². The lowest BCUT2D eigenvalue weighted by Gasteiger charge is -2.03. The lowest BCUT2D eigenvalue weighted by Crippen LogP contribution is -2.42. The molecule has 0 unspecified atom stereocenters. The molecule has 1 N–H and O–H groups in total. The molecule has 19 heavy (non-hydrogen) atoms. The number of aromatic nitrogens is 1. The van der Waals surface area contributed by atoms with Crippen LogP contribution in [0.5, 0.6) is 0 Å². The number of rotatable bonds is 4. The van der Waals surface area contributed by atoms with E-state index in [1.54, 1.807) is 11.3 Å². The number of oxime groups is 1. The maximum absolute atomic E-state index is 9.28. The lowest BCUT2D eigenvalue weighted by atomic mass is 10.1. The van der Waals surface area contributed by atoms with E-state index in [4.69, 9.17) is 0 Å². The van der Waals surface area contributed by atoms with Crippen molar-refractivity contribution in [2.75, 3.05) is 0 Å². The summed E-state index contributed by atoms with van der Waals surface area (Å²) in [6.07, 6.45) is 0.990. The van der Waals surface area contributed by atoms with Crippen LogP contribution in [0, 0.1) is 10.5 Å². The van der Waals surface area contributed by atoms with Gasteiger partial charge in [-0.1, -0.05) is 35.5 Å². The van der Waals surface area contributed by atoms with Crippen LogP contribution in [0.15, 0.2) is 34.8 Å². The van der Waals surface area contributed by atoms with Gasteiger partial charge in [0.1, 0.15) is 0 Å². The molecule has 100 valence electrons. The molecule has 0 aliphatic rings. The molecule has 1 aromatic carbocycles. The normalized spacial score (nSPS) is 11.8. The first-order valence-electron chi connectivity index (χ1n) is 6.09. The van der Waals surface area contributed by atoms with Gasteiger partial charge in [-0.05, 0) is 34.7 Å². The molecule has 3 nitrogen and oxygen atoms in total. The molecule has 0 spiro atoms. The molecular weight excluding hydrogens is 371 g/mol. The number of nitrogens with zero attached hydrogens (tertiary/aromatic N) is 2. The summed E-state index contributed by atoms with van der Waals surface area (Å²) in [7, 11) is 0. The molecule has 0 saturated carbocycles. The van der Waals surface area contributed by atoms with E-state index in [0.29, 0.717) is 12.3 Å². The first kappa shape index (κ1) is 14.5. The van der Waals surface area contributed by atoms with Crippen LogP contribution < -0.4 is 4.57 Å². The molecule has 5 heteroatoms. The van der Waals surface area contributed by atoms with Crippen molar-refractivity contribution in [3.8, 4) is 0 Å². The van der Waals surface area contributed by atoms with Crippen molar-refractivity contribution in [3.63, 3.8) is 0 Å². The van der Waals surface area contributed by atoms with Crippen LogP contribution in [0.3, 0.4) is 0 Å². The molecule has 0 aliphatic heterocycles. The Bertz CT molecular complexity index is 590. The van der Waals surface area contributed by atoms with Crippen molar-refractivity contribution in [2.24, 2.45) is 5.16 Å². The summed E-state index contributed by atoms with van der Waals surface area (Å²) in [5, 5.41) is 16.2. The number of hydrogen-bond donors (Lipinski definition) is 1. The molecule has 0 aliphatic carbocycles. The first-order chi connectivity index (χ1) is 9.15. The molecule has 0 bridgehead atoms. The van der Waals surface area contributed by atoms with Gasteiger partial charge >= 0.3 is 0 Å². The van der Waals surface area contributed by atoms with Crippen LogP contribution in [0.4, 0.5) is 0 Å². The topological polar surface area (TPSA) is 36.5 Å². The largest absolute Gasteiger partial charge is 0.410 e. The Hall–Kier alpha value is -0.950. The summed E-state index contributed by atoms with van der Waals surface area (Å²) in [4.78, 5) is 0. The molecule has 0 fully saturated rings. The fraction of sp³-hybridized carbons (Fsp3) is 0.286. The van der Waals surface area contributed by atoms with Crippen molar-refractivity contribution >= 4 is 39.6 Å². The lowest BCUT2D eigenvalue weighted by molar-refractivity contribution is -0.689. The summed E-state index contributed by atoms with van der Waals surface area (Å²) >= 11 is 4.02. The highest BCUT2D eigenvalue weighted by atomic mass is 127.